The highest BCUT2D eigenvalue weighted by atomic mass is 16.4. The van der Waals surface area contributed by atoms with E-state index in [0.29, 0.717) is 6.42 Å². The highest BCUT2D eigenvalue weighted by Gasteiger charge is 2.08. The minimum atomic E-state index is -0.918. The monoisotopic (exact) mass is 316 g/mol. The fourth-order valence-corrected chi connectivity index (χ4v) is 2.71. The number of aliphatic hydroxyl groups is 2. The Morgan fingerprint density at radius 3 is 1.45 bits per heavy atom. The Morgan fingerprint density at radius 2 is 1.09 bits per heavy atom. The van der Waals surface area contributed by atoms with E-state index in [1.165, 1.54) is 51.4 Å². The van der Waals surface area contributed by atoms with Crippen molar-refractivity contribution in [3.63, 3.8) is 0 Å². The first-order chi connectivity index (χ1) is 10.5. The van der Waals surface area contributed by atoms with Crippen LogP contribution < -0.4 is 0 Å². The molecule has 2 atom stereocenters. The summed E-state index contributed by atoms with van der Waals surface area (Å²) in [5.74, 6) is -0.918. The average Bonchev–Trinajstić information content (AvgIpc) is 2.42. The number of unbranched alkanes of at least 4 members (excludes halogenated alkanes) is 10. The zero-order valence-electron chi connectivity index (χ0n) is 14.3. The maximum Gasteiger partial charge on any atom is 0.305 e. The lowest BCUT2D eigenvalue weighted by atomic mass is 10.0. The van der Waals surface area contributed by atoms with E-state index in [1.807, 2.05) is 6.92 Å². The second-order valence-corrected chi connectivity index (χ2v) is 6.57. The molecule has 0 spiro atoms. The van der Waals surface area contributed by atoms with E-state index in [-0.39, 0.29) is 12.5 Å². The molecule has 0 aliphatic carbocycles. The number of carboxylic acid groups (broad SMARTS) is 1. The average molecular weight is 316 g/mol. The van der Waals surface area contributed by atoms with Crippen molar-refractivity contribution in [1.29, 1.82) is 0 Å². The van der Waals surface area contributed by atoms with Gasteiger partial charge in [0.25, 0.3) is 0 Å². The number of aliphatic hydroxyl groups excluding tert-OH is 2. The van der Waals surface area contributed by atoms with E-state index in [0.717, 1.165) is 25.7 Å². The molecule has 4 heteroatoms. The molecule has 0 rings (SSSR count). The topological polar surface area (TPSA) is 77.8 Å². The fourth-order valence-electron chi connectivity index (χ4n) is 2.71. The second-order valence-electron chi connectivity index (χ2n) is 6.57. The molecule has 2 unspecified atom stereocenters. The molecule has 0 aliphatic rings. The van der Waals surface area contributed by atoms with Gasteiger partial charge in [-0.05, 0) is 19.8 Å². The zero-order valence-corrected chi connectivity index (χ0v) is 14.3. The van der Waals surface area contributed by atoms with Crippen molar-refractivity contribution >= 4 is 5.97 Å². The molecule has 0 aromatic carbocycles. The Morgan fingerprint density at radius 1 is 0.727 bits per heavy atom. The highest BCUT2D eigenvalue weighted by molar-refractivity contribution is 5.67. The van der Waals surface area contributed by atoms with Gasteiger partial charge in [-0.1, -0.05) is 70.6 Å². The van der Waals surface area contributed by atoms with E-state index in [9.17, 15) is 9.90 Å². The van der Waals surface area contributed by atoms with Crippen LogP contribution in [0, 0.1) is 0 Å². The highest BCUT2D eigenvalue weighted by Crippen LogP contribution is 2.13. The molecule has 0 amide bonds. The maximum absolute atomic E-state index is 10.4. The number of rotatable bonds is 16. The predicted molar refractivity (Wildman–Crippen MR) is 90.0 cm³/mol. The summed E-state index contributed by atoms with van der Waals surface area (Å²) in [6.45, 7) is 1.85. The quantitative estimate of drug-likeness (QED) is 0.371. The zero-order chi connectivity index (χ0) is 16.6. The molecule has 132 valence electrons. The third-order valence-corrected chi connectivity index (χ3v) is 4.07. The fraction of sp³-hybridized carbons (Fsp3) is 0.944. The van der Waals surface area contributed by atoms with Gasteiger partial charge in [-0.25, -0.2) is 0 Å². The van der Waals surface area contributed by atoms with E-state index in [4.69, 9.17) is 10.2 Å². The second kappa shape index (κ2) is 15.3. The van der Waals surface area contributed by atoms with Crippen LogP contribution in [0.25, 0.3) is 0 Å². The van der Waals surface area contributed by atoms with Crippen LogP contribution in [0.2, 0.25) is 0 Å². The first kappa shape index (κ1) is 21.4. The van der Waals surface area contributed by atoms with Gasteiger partial charge in [0.05, 0.1) is 18.6 Å². The first-order valence-corrected chi connectivity index (χ1v) is 9.10. The third kappa shape index (κ3) is 17.4. The van der Waals surface area contributed by atoms with Crippen molar-refractivity contribution in [2.45, 2.75) is 109 Å². The van der Waals surface area contributed by atoms with E-state index < -0.39 is 12.1 Å². The minimum Gasteiger partial charge on any atom is -0.481 e. The van der Waals surface area contributed by atoms with Crippen molar-refractivity contribution in [2.75, 3.05) is 0 Å². The summed E-state index contributed by atoms with van der Waals surface area (Å²) in [5.41, 5.74) is 0. The lowest BCUT2D eigenvalue weighted by Gasteiger charge is -2.07. The summed E-state index contributed by atoms with van der Waals surface area (Å²) >= 11 is 0. The van der Waals surface area contributed by atoms with E-state index in [1.54, 1.807) is 0 Å². The van der Waals surface area contributed by atoms with Gasteiger partial charge in [0.15, 0.2) is 0 Å². The summed E-state index contributed by atoms with van der Waals surface area (Å²) in [4.78, 5) is 10.4. The Hall–Kier alpha value is -0.610. The van der Waals surface area contributed by atoms with E-state index >= 15 is 0 Å². The largest absolute Gasteiger partial charge is 0.481 e. The van der Waals surface area contributed by atoms with Crippen LogP contribution in [-0.2, 0) is 4.79 Å². The van der Waals surface area contributed by atoms with E-state index in [2.05, 4.69) is 0 Å². The summed E-state index contributed by atoms with van der Waals surface area (Å²) < 4.78 is 0. The van der Waals surface area contributed by atoms with Gasteiger partial charge in [-0.2, -0.15) is 0 Å². The molecular formula is C18H36O4. The van der Waals surface area contributed by atoms with Gasteiger partial charge in [0.2, 0.25) is 0 Å². The maximum atomic E-state index is 10.4. The van der Waals surface area contributed by atoms with Crippen LogP contribution >= 0.6 is 0 Å². The molecule has 0 bridgehead atoms. The van der Waals surface area contributed by atoms with Crippen LogP contribution in [0.1, 0.15) is 96.8 Å². The van der Waals surface area contributed by atoms with Crippen molar-refractivity contribution < 1.29 is 20.1 Å². The van der Waals surface area contributed by atoms with Crippen molar-refractivity contribution in [3.05, 3.63) is 0 Å². The van der Waals surface area contributed by atoms with Crippen molar-refractivity contribution in [3.8, 4) is 0 Å². The van der Waals surface area contributed by atoms with Crippen molar-refractivity contribution in [2.24, 2.45) is 0 Å². The van der Waals surface area contributed by atoms with Gasteiger partial charge in [0.1, 0.15) is 0 Å². The molecule has 0 aromatic heterocycles. The Labute approximate surface area is 135 Å². The van der Waals surface area contributed by atoms with Gasteiger partial charge in [-0.3, -0.25) is 4.79 Å². The Kier molecular flexibility index (Phi) is 14.9. The standard InChI is InChI=1S/C18H36O4/c1-16(19)13-11-9-7-5-3-2-4-6-8-10-12-14-17(20)15-18(21)22/h16-17,19-20H,2-15H2,1H3,(H,21,22). The molecule has 0 radical (unpaired) electrons. The van der Waals surface area contributed by atoms with Gasteiger partial charge >= 0.3 is 5.97 Å². The number of aliphatic carboxylic acids is 1. The molecule has 0 aliphatic heterocycles. The summed E-state index contributed by atoms with van der Waals surface area (Å²) in [5, 5.41) is 27.1. The first-order valence-electron chi connectivity index (χ1n) is 9.10. The normalized spacial score (nSPS) is 14.0. The molecule has 22 heavy (non-hydrogen) atoms. The van der Waals surface area contributed by atoms with Gasteiger partial charge < -0.3 is 15.3 Å². The SMILES string of the molecule is CC(O)CCCCCCCCCCCCCC(O)CC(=O)O. The smallest absolute Gasteiger partial charge is 0.305 e. The Bertz CT molecular complexity index is 253. The molecule has 0 fully saturated rings. The van der Waals surface area contributed by atoms with Crippen LogP contribution in [0.4, 0.5) is 0 Å². The molecule has 0 heterocycles. The number of carboxylic acids is 1. The predicted octanol–water partition coefficient (Wildman–Crippen LogP) is 4.27. The van der Waals surface area contributed by atoms with Crippen LogP contribution in [0.3, 0.4) is 0 Å². The Balaban J connectivity index is 3.10. The minimum absolute atomic E-state index is 0.128. The lowest BCUT2D eigenvalue weighted by molar-refractivity contribution is -0.139. The molecule has 0 aromatic rings. The van der Waals surface area contributed by atoms with Crippen LogP contribution in [0.15, 0.2) is 0 Å². The number of hydrogen-bond donors (Lipinski definition) is 3. The summed E-state index contributed by atoms with van der Waals surface area (Å²) in [6.07, 6.45) is 13.9. The lowest BCUT2D eigenvalue weighted by Crippen LogP contribution is -2.12. The van der Waals surface area contributed by atoms with Gasteiger partial charge in [0, 0.05) is 0 Å². The molecular weight excluding hydrogens is 280 g/mol. The van der Waals surface area contributed by atoms with Crippen molar-refractivity contribution in [1.82, 2.24) is 0 Å². The van der Waals surface area contributed by atoms with Crippen LogP contribution in [0.5, 0.6) is 0 Å². The molecule has 0 saturated heterocycles. The van der Waals surface area contributed by atoms with Crippen LogP contribution in [-0.4, -0.2) is 33.5 Å². The number of carbonyl (C=O) groups is 1. The number of hydrogen-bond acceptors (Lipinski definition) is 3. The molecule has 0 saturated carbocycles. The summed E-state index contributed by atoms with van der Waals surface area (Å²) in [6, 6.07) is 0. The molecule has 4 nitrogen and oxygen atoms in total. The third-order valence-electron chi connectivity index (χ3n) is 4.07. The molecule has 3 N–H and O–H groups in total. The summed E-state index contributed by atoms with van der Waals surface area (Å²) in [7, 11) is 0. The van der Waals surface area contributed by atoms with Gasteiger partial charge in [-0.15, -0.1) is 0 Å².